The maximum Gasteiger partial charge on any atom is 0.409 e. The Morgan fingerprint density at radius 3 is 3.00 bits per heavy atom. The standard InChI is InChI=1S/C14H20N4O6S/c1-2-23-14(19)17-5-6-24-10(9-17)8-16-12-4-3-11(25(15)22)7-13(12)18(20)21/h3-4,7,10,16H,2,5-6,8-9,15H2,1H3. The van der Waals surface area contributed by atoms with Crippen molar-refractivity contribution >= 4 is 28.5 Å². The van der Waals surface area contributed by atoms with Crippen molar-refractivity contribution in [1.29, 1.82) is 0 Å². The average Bonchev–Trinajstić information content (AvgIpc) is 2.60. The lowest BCUT2D eigenvalue weighted by atomic mass is 10.2. The van der Waals surface area contributed by atoms with Gasteiger partial charge in [0, 0.05) is 19.2 Å². The van der Waals surface area contributed by atoms with Gasteiger partial charge >= 0.3 is 6.09 Å². The van der Waals surface area contributed by atoms with Gasteiger partial charge in [-0.1, -0.05) is 0 Å². The van der Waals surface area contributed by atoms with Crippen molar-refractivity contribution in [2.75, 3.05) is 38.2 Å². The molecule has 1 aromatic carbocycles. The predicted molar refractivity (Wildman–Crippen MR) is 90.5 cm³/mol. The first-order valence-electron chi connectivity index (χ1n) is 7.64. The van der Waals surface area contributed by atoms with Crippen LogP contribution in [0.5, 0.6) is 0 Å². The molecule has 25 heavy (non-hydrogen) atoms. The van der Waals surface area contributed by atoms with E-state index in [0.29, 0.717) is 26.3 Å². The van der Waals surface area contributed by atoms with Gasteiger partial charge in [0.25, 0.3) is 5.69 Å². The quantitative estimate of drug-likeness (QED) is 0.557. The largest absolute Gasteiger partial charge is 0.450 e. The first kappa shape index (κ1) is 19.1. The van der Waals surface area contributed by atoms with Crippen molar-refractivity contribution in [2.24, 2.45) is 5.14 Å². The van der Waals surface area contributed by atoms with E-state index in [9.17, 15) is 19.1 Å². The van der Waals surface area contributed by atoms with Crippen LogP contribution in [0.15, 0.2) is 23.1 Å². The smallest absolute Gasteiger partial charge is 0.409 e. The van der Waals surface area contributed by atoms with Crippen molar-refractivity contribution in [2.45, 2.75) is 17.9 Å². The number of rotatable bonds is 6. The lowest BCUT2D eigenvalue weighted by Gasteiger charge is -2.32. The monoisotopic (exact) mass is 372 g/mol. The summed E-state index contributed by atoms with van der Waals surface area (Å²) in [7, 11) is -1.80. The van der Waals surface area contributed by atoms with Crippen molar-refractivity contribution in [3.8, 4) is 0 Å². The zero-order chi connectivity index (χ0) is 18.4. The Morgan fingerprint density at radius 2 is 2.36 bits per heavy atom. The Kier molecular flexibility index (Phi) is 6.67. The lowest BCUT2D eigenvalue weighted by molar-refractivity contribution is -0.384. The lowest BCUT2D eigenvalue weighted by Crippen LogP contribution is -2.48. The molecule has 0 aliphatic carbocycles. The molecule has 1 amide bonds. The number of anilines is 1. The zero-order valence-electron chi connectivity index (χ0n) is 13.7. The molecule has 2 atom stereocenters. The molecule has 0 saturated carbocycles. The topological polar surface area (TPSA) is 137 Å². The van der Waals surface area contributed by atoms with Crippen molar-refractivity contribution in [3.63, 3.8) is 0 Å². The van der Waals surface area contributed by atoms with Crippen LogP contribution in [0, 0.1) is 10.1 Å². The van der Waals surface area contributed by atoms with E-state index in [1.165, 1.54) is 23.1 Å². The summed E-state index contributed by atoms with van der Waals surface area (Å²) in [6, 6.07) is 4.08. The highest BCUT2D eigenvalue weighted by Gasteiger charge is 2.25. The van der Waals surface area contributed by atoms with E-state index in [1.54, 1.807) is 6.92 Å². The van der Waals surface area contributed by atoms with Crippen molar-refractivity contribution < 1.29 is 23.4 Å². The summed E-state index contributed by atoms with van der Waals surface area (Å²) >= 11 is 0. The van der Waals surface area contributed by atoms with Gasteiger partial charge in [0.2, 0.25) is 0 Å². The minimum absolute atomic E-state index is 0.166. The second kappa shape index (κ2) is 8.74. The molecule has 1 aromatic rings. The van der Waals surface area contributed by atoms with Gasteiger partial charge in [0.05, 0.1) is 35.7 Å². The molecule has 1 saturated heterocycles. The number of nitro benzene ring substituents is 1. The Morgan fingerprint density at radius 1 is 1.60 bits per heavy atom. The van der Waals surface area contributed by atoms with E-state index in [0.717, 1.165) is 0 Å². The molecule has 0 aromatic heterocycles. The highest BCUT2D eigenvalue weighted by atomic mass is 32.2. The molecule has 0 bridgehead atoms. The third-order valence-electron chi connectivity index (χ3n) is 3.58. The molecule has 0 spiro atoms. The fourth-order valence-electron chi connectivity index (χ4n) is 2.38. The number of hydrogen-bond acceptors (Lipinski definition) is 7. The normalized spacial score (nSPS) is 18.5. The van der Waals surface area contributed by atoms with Gasteiger partial charge < -0.3 is 19.7 Å². The zero-order valence-corrected chi connectivity index (χ0v) is 14.5. The van der Waals surface area contributed by atoms with Crippen LogP contribution in [-0.4, -0.2) is 59.1 Å². The van der Waals surface area contributed by atoms with Crippen molar-refractivity contribution in [1.82, 2.24) is 4.90 Å². The number of hydrogen-bond donors (Lipinski definition) is 2. The van der Waals surface area contributed by atoms with E-state index in [4.69, 9.17) is 14.6 Å². The Balaban J connectivity index is 2.02. The van der Waals surface area contributed by atoms with Crippen LogP contribution in [0.25, 0.3) is 0 Å². The van der Waals surface area contributed by atoms with Crippen LogP contribution in [0.4, 0.5) is 16.2 Å². The van der Waals surface area contributed by atoms with E-state index in [-0.39, 0.29) is 28.9 Å². The summed E-state index contributed by atoms with van der Waals surface area (Å²) in [5.74, 6) is 0. The Labute approximate surface area is 147 Å². The number of ether oxygens (including phenoxy) is 2. The molecule has 1 aliphatic rings. The Bertz CT molecular complexity index is 671. The molecule has 0 radical (unpaired) electrons. The van der Waals surface area contributed by atoms with E-state index < -0.39 is 22.0 Å². The fraction of sp³-hybridized carbons (Fsp3) is 0.500. The molecular formula is C14H20N4O6S. The van der Waals surface area contributed by atoms with Crippen molar-refractivity contribution in [3.05, 3.63) is 28.3 Å². The van der Waals surface area contributed by atoms with Crippen LogP contribution >= 0.6 is 0 Å². The van der Waals surface area contributed by atoms with Crippen LogP contribution < -0.4 is 10.5 Å². The number of morpholine rings is 1. The second-order valence-corrected chi connectivity index (χ2v) is 6.32. The number of carbonyl (C=O) groups excluding carboxylic acids is 1. The second-order valence-electron chi connectivity index (χ2n) is 5.25. The third kappa shape index (κ3) is 5.11. The Hall–Kier alpha value is -2.24. The number of amides is 1. The maximum absolute atomic E-state index is 11.8. The number of nitro groups is 1. The third-order valence-corrected chi connectivity index (χ3v) is 4.30. The van der Waals surface area contributed by atoms with Gasteiger partial charge in [-0.25, -0.2) is 14.1 Å². The summed E-state index contributed by atoms with van der Waals surface area (Å²) in [6.45, 7) is 3.41. The molecule has 1 aliphatic heterocycles. The maximum atomic E-state index is 11.8. The highest BCUT2D eigenvalue weighted by Crippen LogP contribution is 2.26. The van der Waals surface area contributed by atoms with Gasteiger partial charge in [-0.2, -0.15) is 0 Å². The summed E-state index contributed by atoms with van der Waals surface area (Å²) < 4.78 is 21.8. The number of nitrogens with zero attached hydrogens (tertiary/aromatic N) is 2. The number of nitrogens with one attached hydrogen (secondary N) is 1. The molecule has 3 N–H and O–H groups in total. The molecule has 1 fully saturated rings. The van der Waals surface area contributed by atoms with E-state index >= 15 is 0 Å². The summed E-state index contributed by atoms with van der Waals surface area (Å²) in [6.07, 6.45) is -0.738. The van der Waals surface area contributed by atoms with Gasteiger partial charge in [0.1, 0.15) is 16.7 Å². The van der Waals surface area contributed by atoms with Gasteiger partial charge in [-0.3, -0.25) is 10.1 Å². The van der Waals surface area contributed by atoms with E-state index in [2.05, 4.69) is 5.32 Å². The first-order valence-corrected chi connectivity index (χ1v) is 8.85. The predicted octanol–water partition coefficient (Wildman–Crippen LogP) is 0.845. The number of carbonyl (C=O) groups is 1. The molecule has 2 rings (SSSR count). The molecule has 138 valence electrons. The number of benzene rings is 1. The SMILES string of the molecule is CCOC(=O)N1CCOC(CNc2ccc(S(N)=O)cc2[N+](=O)[O-])C1. The van der Waals surface area contributed by atoms with Gasteiger partial charge in [0.15, 0.2) is 0 Å². The van der Waals surface area contributed by atoms with Gasteiger partial charge in [-0.05, 0) is 19.1 Å². The number of nitrogens with two attached hydrogens (primary N) is 1. The van der Waals surface area contributed by atoms with Crippen LogP contribution in [-0.2, 0) is 20.5 Å². The summed E-state index contributed by atoms with van der Waals surface area (Å²) in [5, 5.41) is 19.4. The van der Waals surface area contributed by atoms with Crippen LogP contribution in [0.2, 0.25) is 0 Å². The van der Waals surface area contributed by atoms with Gasteiger partial charge in [-0.15, -0.1) is 0 Å². The first-order chi connectivity index (χ1) is 11.9. The molecule has 1 heterocycles. The molecular weight excluding hydrogens is 352 g/mol. The average molecular weight is 372 g/mol. The molecule has 11 heteroatoms. The van der Waals surface area contributed by atoms with Crippen LogP contribution in [0.1, 0.15) is 6.92 Å². The van der Waals surface area contributed by atoms with E-state index in [1.807, 2.05) is 0 Å². The fourth-order valence-corrected chi connectivity index (χ4v) is 2.81. The molecule has 2 unspecified atom stereocenters. The minimum atomic E-state index is -1.80. The highest BCUT2D eigenvalue weighted by molar-refractivity contribution is 7.82. The summed E-state index contributed by atoms with van der Waals surface area (Å²) in [5.41, 5.74) is 0.0328. The summed E-state index contributed by atoms with van der Waals surface area (Å²) in [4.78, 5) is 24.1. The minimum Gasteiger partial charge on any atom is -0.450 e. The molecule has 10 nitrogen and oxygen atoms in total. The van der Waals surface area contributed by atoms with Crippen LogP contribution in [0.3, 0.4) is 0 Å².